The van der Waals surface area contributed by atoms with Crippen LogP contribution >= 0.6 is 0 Å². The summed E-state index contributed by atoms with van der Waals surface area (Å²) in [5.41, 5.74) is 0.996. The predicted molar refractivity (Wildman–Crippen MR) is 87.5 cm³/mol. The average molecular weight is 336 g/mol. The zero-order chi connectivity index (χ0) is 18.3. The smallest absolute Gasteiger partial charge is 0.347 e. The van der Waals surface area contributed by atoms with Gasteiger partial charge in [-0.1, -0.05) is 6.07 Å². The van der Waals surface area contributed by atoms with Crippen molar-refractivity contribution in [3.8, 4) is 0 Å². The molecule has 0 atom stereocenters. The number of nitrogens with one attached hydrogen (secondary N) is 1. The Labute approximate surface area is 139 Å². The molecule has 1 aromatic rings. The van der Waals surface area contributed by atoms with Gasteiger partial charge in [-0.2, -0.15) is 0 Å². The van der Waals surface area contributed by atoms with Gasteiger partial charge >= 0.3 is 11.9 Å². The molecule has 0 heterocycles. The number of rotatable bonds is 7. The van der Waals surface area contributed by atoms with E-state index >= 15 is 0 Å². The molecule has 1 aromatic carbocycles. The van der Waals surface area contributed by atoms with E-state index in [0.29, 0.717) is 5.56 Å². The number of esters is 2. The largest absolute Gasteiger partial charge is 0.462 e. The third kappa shape index (κ3) is 4.80. The van der Waals surface area contributed by atoms with Gasteiger partial charge in [0.2, 0.25) is 0 Å². The van der Waals surface area contributed by atoms with Gasteiger partial charge in [-0.15, -0.1) is 0 Å². The number of nitro benzene ring substituents is 1. The molecular weight excluding hydrogens is 316 g/mol. The van der Waals surface area contributed by atoms with Crippen LogP contribution in [0.25, 0.3) is 0 Å². The summed E-state index contributed by atoms with van der Waals surface area (Å²) in [6, 6.07) is 3.15. The fraction of sp³-hybridized carbons (Fsp3) is 0.375. The second kappa shape index (κ2) is 8.66. The first-order valence-electron chi connectivity index (χ1n) is 7.38. The van der Waals surface area contributed by atoms with Crippen molar-refractivity contribution >= 4 is 23.3 Å². The first-order chi connectivity index (χ1) is 11.3. The van der Waals surface area contributed by atoms with Crippen LogP contribution in [0.1, 0.15) is 25.0 Å². The van der Waals surface area contributed by atoms with Crippen LogP contribution < -0.4 is 5.32 Å². The van der Waals surface area contributed by atoms with E-state index in [4.69, 9.17) is 9.47 Å². The Balaban J connectivity index is 3.24. The molecule has 130 valence electrons. The van der Waals surface area contributed by atoms with Gasteiger partial charge in [-0.25, -0.2) is 9.59 Å². The lowest BCUT2D eigenvalue weighted by molar-refractivity contribution is -0.384. The molecule has 0 fully saturated rings. The van der Waals surface area contributed by atoms with Gasteiger partial charge in [-0.05, 0) is 38.8 Å². The highest BCUT2D eigenvalue weighted by Crippen LogP contribution is 2.29. The van der Waals surface area contributed by atoms with Gasteiger partial charge in [0.25, 0.3) is 5.69 Å². The molecule has 0 aromatic heterocycles. The third-order valence-electron chi connectivity index (χ3n) is 3.01. The Bertz CT molecular complexity index is 661. The number of nitro groups is 1. The molecule has 0 spiro atoms. The topological polar surface area (TPSA) is 108 Å². The molecule has 1 N–H and O–H groups in total. The van der Waals surface area contributed by atoms with E-state index < -0.39 is 16.9 Å². The highest BCUT2D eigenvalue weighted by atomic mass is 16.6. The number of aryl methyl sites for hydroxylation is 2. The molecule has 8 heteroatoms. The minimum atomic E-state index is -0.865. The molecule has 0 saturated heterocycles. The van der Waals surface area contributed by atoms with Gasteiger partial charge < -0.3 is 14.8 Å². The number of hydrogen-bond donors (Lipinski definition) is 1. The van der Waals surface area contributed by atoms with E-state index in [1.54, 1.807) is 33.8 Å². The number of carbonyl (C=O) groups is 2. The summed E-state index contributed by atoms with van der Waals surface area (Å²) in [6.45, 7) is 6.79. The van der Waals surface area contributed by atoms with Crippen molar-refractivity contribution in [2.75, 3.05) is 18.5 Å². The number of anilines is 1. The van der Waals surface area contributed by atoms with Crippen molar-refractivity contribution in [3.05, 3.63) is 45.1 Å². The van der Waals surface area contributed by atoms with Crippen LogP contribution in [0.5, 0.6) is 0 Å². The minimum absolute atomic E-state index is 0.0826. The highest BCUT2D eigenvalue weighted by molar-refractivity contribution is 6.14. The van der Waals surface area contributed by atoms with E-state index in [-0.39, 0.29) is 30.2 Å². The highest BCUT2D eigenvalue weighted by Gasteiger charge is 2.22. The molecule has 0 saturated carbocycles. The average Bonchev–Trinajstić information content (AvgIpc) is 2.49. The molecule has 0 aliphatic rings. The molecule has 1 rings (SSSR count). The molecule has 8 nitrogen and oxygen atoms in total. The number of ether oxygens (including phenoxy) is 2. The molecule has 0 bridgehead atoms. The number of hydrogen-bond acceptors (Lipinski definition) is 7. The van der Waals surface area contributed by atoms with Crippen LogP contribution in [0.4, 0.5) is 11.4 Å². The standard InChI is InChI=1S/C16H20N2O6/c1-5-23-15(19)12(16(20)24-6-2)9-17-14-11(4)7-10(3)8-13(14)18(21)22/h7-9,17H,5-6H2,1-4H3. The van der Waals surface area contributed by atoms with E-state index in [2.05, 4.69) is 5.32 Å². The maximum absolute atomic E-state index is 11.9. The van der Waals surface area contributed by atoms with Crippen LogP contribution in [0, 0.1) is 24.0 Å². The molecule has 24 heavy (non-hydrogen) atoms. The Morgan fingerprint density at radius 3 is 2.17 bits per heavy atom. The molecule has 0 amide bonds. The molecular formula is C16H20N2O6. The van der Waals surface area contributed by atoms with E-state index in [0.717, 1.165) is 11.8 Å². The van der Waals surface area contributed by atoms with Crippen LogP contribution in [-0.2, 0) is 19.1 Å². The number of carbonyl (C=O) groups excluding carboxylic acids is 2. The predicted octanol–water partition coefficient (Wildman–Crippen LogP) is 2.63. The van der Waals surface area contributed by atoms with Gasteiger partial charge in [0.05, 0.1) is 18.1 Å². The molecule has 0 unspecified atom stereocenters. The first-order valence-corrected chi connectivity index (χ1v) is 7.38. The summed E-state index contributed by atoms with van der Waals surface area (Å²) in [5, 5.41) is 13.9. The second-order valence-electron chi connectivity index (χ2n) is 4.88. The van der Waals surface area contributed by atoms with E-state index in [9.17, 15) is 19.7 Å². The van der Waals surface area contributed by atoms with Crippen LogP contribution in [0.15, 0.2) is 23.9 Å². The fourth-order valence-corrected chi connectivity index (χ4v) is 2.04. The fourth-order valence-electron chi connectivity index (χ4n) is 2.04. The van der Waals surface area contributed by atoms with Gasteiger partial charge in [0.1, 0.15) is 5.69 Å². The summed E-state index contributed by atoms with van der Waals surface area (Å²) < 4.78 is 9.61. The maximum atomic E-state index is 11.9. The molecule has 0 aliphatic heterocycles. The van der Waals surface area contributed by atoms with Crippen molar-refractivity contribution in [2.45, 2.75) is 27.7 Å². The van der Waals surface area contributed by atoms with Crippen LogP contribution in [0.2, 0.25) is 0 Å². The van der Waals surface area contributed by atoms with Gasteiger partial charge in [0, 0.05) is 12.3 Å². The minimum Gasteiger partial charge on any atom is -0.462 e. The lowest BCUT2D eigenvalue weighted by Crippen LogP contribution is -2.19. The first kappa shape index (κ1) is 19.1. The van der Waals surface area contributed by atoms with Gasteiger partial charge in [-0.3, -0.25) is 10.1 Å². The Hall–Kier alpha value is -2.90. The lowest BCUT2D eigenvalue weighted by atomic mass is 10.1. The van der Waals surface area contributed by atoms with E-state index in [1.807, 2.05) is 0 Å². The van der Waals surface area contributed by atoms with Gasteiger partial charge in [0.15, 0.2) is 5.57 Å². The summed E-state index contributed by atoms with van der Waals surface area (Å²) in [6.07, 6.45) is 1.07. The quantitative estimate of drug-likeness (QED) is 0.204. The zero-order valence-electron chi connectivity index (χ0n) is 14.0. The SMILES string of the molecule is CCOC(=O)C(=CNc1c(C)cc(C)cc1[N+](=O)[O-])C(=O)OCC. The number of nitrogens with zero attached hydrogens (tertiary/aromatic N) is 1. The summed E-state index contributed by atoms with van der Waals surface area (Å²) >= 11 is 0. The third-order valence-corrected chi connectivity index (χ3v) is 3.01. The Morgan fingerprint density at radius 2 is 1.71 bits per heavy atom. The summed E-state index contributed by atoms with van der Waals surface area (Å²) in [4.78, 5) is 34.4. The molecule has 0 aliphatic carbocycles. The van der Waals surface area contributed by atoms with Crippen molar-refractivity contribution in [1.82, 2.24) is 0 Å². The summed E-state index contributed by atoms with van der Waals surface area (Å²) in [7, 11) is 0. The van der Waals surface area contributed by atoms with Crippen molar-refractivity contribution in [1.29, 1.82) is 0 Å². The normalized spacial score (nSPS) is 9.83. The molecule has 0 radical (unpaired) electrons. The lowest BCUT2D eigenvalue weighted by Gasteiger charge is -2.10. The summed E-state index contributed by atoms with van der Waals surface area (Å²) in [5.74, 6) is -1.73. The van der Waals surface area contributed by atoms with Crippen LogP contribution in [0.3, 0.4) is 0 Å². The monoisotopic (exact) mass is 336 g/mol. The number of benzene rings is 1. The van der Waals surface area contributed by atoms with Crippen molar-refractivity contribution in [2.24, 2.45) is 0 Å². The Morgan fingerprint density at radius 1 is 1.17 bits per heavy atom. The zero-order valence-corrected chi connectivity index (χ0v) is 14.0. The Kier molecular flexibility index (Phi) is 6.91. The van der Waals surface area contributed by atoms with Crippen molar-refractivity contribution < 1.29 is 24.0 Å². The van der Waals surface area contributed by atoms with E-state index in [1.165, 1.54) is 6.07 Å². The maximum Gasteiger partial charge on any atom is 0.347 e. The van der Waals surface area contributed by atoms with Crippen molar-refractivity contribution in [3.63, 3.8) is 0 Å². The second-order valence-corrected chi connectivity index (χ2v) is 4.88. The van der Waals surface area contributed by atoms with Crippen LogP contribution in [-0.4, -0.2) is 30.1 Å².